The Bertz CT molecular complexity index is 327. The van der Waals surface area contributed by atoms with E-state index in [1.54, 1.807) is 6.20 Å². The van der Waals surface area contributed by atoms with E-state index < -0.39 is 0 Å². The second kappa shape index (κ2) is 4.84. The first-order valence-electron chi connectivity index (χ1n) is 5.64. The number of anilines is 1. The van der Waals surface area contributed by atoms with E-state index in [0.29, 0.717) is 11.2 Å². The molecule has 1 saturated carbocycles. The number of rotatable bonds is 2. The molecule has 82 valence electrons. The molecule has 3 heteroatoms. The summed E-state index contributed by atoms with van der Waals surface area (Å²) in [6, 6.07) is 4.47. The van der Waals surface area contributed by atoms with Gasteiger partial charge in [-0.2, -0.15) is 0 Å². The van der Waals surface area contributed by atoms with Gasteiger partial charge in [-0.3, -0.25) is 0 Å². The molecule has 2 nitrogen and oxygen atoms in total. The fraction of sp³-hybridized carbons (Fsp3) is 0.583. The van der Waals surface area contributed by atoms with Crippen molar-refractivity contribution in [2.45, 2.75) is 38.6 Å². The van der Waals surface area contributed by atoms with Gasteiger partial charge >= 0.3 is 0 Å². The first-order valence-corrected chi connectivity index (χ1v) is 6.01. The van der Waals surface area contributed by atoms with Crippen LogP contribution in [0.5, 0.6) is 0 Å². The summed E-state index contributed by atoms with van der Waals surface area (Å²) < 4.78 is 0. The molecule has 0 saturated heterocycles. The second-order valence-corrected chi connectivity index (χ2v) is 4.77. The summed E-state index contributed by atoms with van der Waals surface area (Å²) in [6.45, 7) is 2.32. The second-order valence-electron chi connectivity index (χ2n) is 4.38. The maximum Gasteiger partial charge on any atom is 0.131 e. The minimum Gasteiger partial charge on any atom is -0.382 e. The average Bonchev–Trinajstić information content (AvgIpc) is 2.22. The van der Waals surface area contributed by atoms with Crippen LogP contribution in [0.25, 0.3) is 0 Å². The topological polar surface area (TPSA) is 24.9 Å². The monoisotopic (exact) mass is 224 g/mol. The smallest absolute Gasteiger partial charge is 0.131 e. The van der Waals surface area contributed by atoms with Crippen molar-refractivity contribution < 1.29 is 0 Å². The highest BCUT2D eigenvalue weighted by molar-refractivity contribution is 6.29. The number of nitrogens with one attached hydrogen (secondary N) is 1. The van der Waals surface area contributed by atoms with Gasteiger partial charge in [0.1, 0.15) is 5.15 Å². The molecule has 0 spiro atoms. The van der Waals surface area contributed by atoms with Gasteiger partial charge in [-0.15, -0.1) is 0 Å². The van der Waals surface area contributed by atoms with Crippen LogP contribution in [0.4, 0.5) is 5.69 Å². The minimum absolute atomic E-state index is 0.559. The number of pyridine rings is 1. The molecule has 2 atom stereocenters. The predicted octanol–water partition coefficient (Wildman–Crippen LogP) is 3.73. The standard InChI is InChI=1S/C12H17ClN2/c1-9-4-2-3-5-11(9)15-10-6-7-14-12(13)8-10/h6-9,11H,2-5H2,1H3,(H,14,15). The molecule has 0 aromatic carbocycles. The fourth-order valence-corrected chi connectivity index (χ4v) is 2.41. The lowest BCUT2D eigenvalue weighted by molar-refractivity contribution is 0.349. The van der Waals surface area contributed by atoms with Gasteiger partial charge in [-0.05, 0) is 30.9 Å². The molecule has 0 aliphatic heterocycles. The molecule has 2 rings (SSSR count). The van der Waals surface area contributed by atoms with Crippen LogP contribution in [0, 0.1) is 5.92 Å². The third-order valence-electron chi connectivity index (χ3n) is 3.19. The summed E-state index contributed by atoms with van der Waals surface area (Å²) in [5.41, 5.74) is 1.09. The zero-order chi connectivity index (χ0) is 10.7. The summed E-state index contributed by atoms with van der Waals surface area (Å²) in [6.07, 6.45) is 7.05. The van der Waals surface area contributed by atoms with Gasteiger partial charge in [0.25, 0.3) is 0 Å². The van der Waals surface area contributed by atoms with Crippen molar-refractivity contribution in [3.63, 3.8) is 0 Å². The van der Waals surface area contributed by atoms with Crippen molar-refractivity contribution >= 4 is 17.3 Å². The average molecular weight is 225 g/mol. The van der Waals surface area contributed by atoms with Gasteiger partial charge in [-0.1, -0.05) is 31.4 Å². The lowest BCUT2D eigenvalue weighted by Crippen LogP contribution is -2.30. The Morgan fingerprint density at radius 3 is 2.93 bits per heavy atom. The Hall–Kier alpha value is -0.760. The third kappa shape index (κ3) is 2.85. The largest absolute Gasteiger partial charge is 0.382 e. The first-order chi connectivity index (χ1) is 7.25. The molecule has 2 unspecified atom stereocenters. The summed E-state index contributed by atoms with van der Waals surface area (Å²) in [5.74, 6) is 0.755. The van der Waals surface area contributed by atoms with Gasteiger partial charge in [0, 0.05) is 17.9 Å². The number of hydrogen-bond acceptors (Lipinski definition) is 2. The van der Waals surface area contributed by atoms with Crippen LogP contribution < -0.4 is 5.32 Å². The lowest BCUT2D eigenvalue weighted by Gasteiger charge is -2.30. The molecular formula is C12H17ClN2. The quantitative estimate of drug-likeness (QED) is 0.775. The summed E-state index contributed by atoms with van der Waals surface area (Å²) in [7, 11) is 0. The van der Waals surface area contributed by atoms with E-state index in [9.17, 15) is 0 Å². The summed E-state index contributed by atoms with van der Waals surface area (Å²) >= 11 is 5.85. The highest BCUT2D eigenvalue weighted by atomic mass is 35.5. The Morgan fingerprint density at radius 1 is 1.40 bits per heavy atom. The maximum absolute atomic E-state index is 5.85. The third-order valence-corrected chi connectivity index (χ3v) is 3.40. The van der Waals surface area contributed by atoms with Gasteiger partial charge in [-0.25, -0.2) is 4.98 Å². The normalized spacial score (nSPS) is 26.3. The van der Waals surface area contributed by atoms with Crippen molar-refractivity contribution in [3.05, 3.63) is 23.5 Å². The number of hydrogen-bond donors (Lipinski definition) is 1. The van der Waals surface area contributed by atoms with E-state index in [1.165, 1.54) is 25.7 Å². The van der Waals surface area contributed by atoms with Crippen LogP contribution in [-0.2, 0) is 0 Å². The zero-order valence-corrected chi connectivity index (χ0v) is 9.80. The Balaban J connectivity index is 2.01. The van der Waals surface area contributed by atoms with Crippen LogP contribution in [-0.4, -0.2) is 11.0 Å². The number of nitrogens with zero attached hydrogens (tertiary/aromatic N) is 1. The van der Waals surface area contributed by atoms with Crippen LogP contribution in [0.15, 0.2) is 18.3 Å². The van der Waals surface area contributed by atoms with Gasteiger partial charge < -0.3 is 5.32 Å². The van der Waals surface area contributed by atoms with E-state index in [2.05, 4.69) is 17.2 Å². The van der Waals surface area contributed by atoms with E-state index in [1.807, 2.05) is 12.1 Å². The molecule has 0 bridgehead atoms. The molecule has 1 N–H and O–H groups in total. The Morgan fingerprint density at radius 2 is 2.20 bits per heavy atom. The summed E-state index contributed by atoms with van der Waals surface area (Å²) in [5, 5.41) is 4.11. The van der Waals surface area contributed by atoms with E-state index in [4.69, 9.17) is 11.6 Å². The molecule has 0 amide bonds. The highest BCUT2D eigenvalue weighted by Crippen LogP contribution is 2.27. The Labute approximate surface area is 96.1 Å². The fourth-order valence-electron chi connectivity index (χ4n) is 2.24. The van der Waals surface area contributed by atoms with Crippen molar-refractivity contribution in [1.82, 2.24) is 4.98 Å². The Kier molecular flexibility index (Phi) is 3.47. The van der Waals surface area contributed by atoms with Gasteiger partial charge in [0.15, 0.2) is 0 Å². The van der Waals surface area contributed by atoms with Crippen LogP contribution in [0.2, 0.25) is 5.15 Å². The molecule has 1 aromatic heterocycles. The summed E-state index contributed by atoms with van der Waals surface area (Å²) in [4.78, 5) is 3.98. The maximum atomic E-state index is 5.85. The SMILES string of the molecule is CC1CCCCC1Nc1ccnc(Cl)c1. The highest BCUT2D eigenvalue weighted by Gasteiger charge is 2.20. The minimum atomic E-state index is 0.559. The first kappa shape index (κ1) is 10.7. The van der Waals surface area contributed by atoms with E-state index >= 15 is 0 Å². The van der Waals surface area contributed by atoms with Crippen molar-refractivity contribution in [2.24, 2.45) is 5.92 Å². The number of halogens is 1. The van der Waals surface area contributed by atoms with Crippen LogP contribution in [0.1, 0.15) is 32.6 Å². The van der Waals surface area contributed by atoms with E-state index in [0.717, 1.165) is 11.6 Å². The zero-order valence-electron chi connectivity index (χ0n) is 9.04. The molecule has 0 radical (unpaired) electrons. The van der Waals surface area contributed by atoms with Crippen molar-refractivity contribution in [3.8, 4) is 0 Å². The molecule has 1 aliphatic rings. The van der Waals surface area contributed by atoms with Crippen molar-refractivity contribution in [1.29, 1.82) is 0 Å². The van der Waals surface area contributed by atoms with E-state index in [-0.39, 0.29) is 0 Å². The molecule has 15 heavy (non-hydrogen) atoms. The van der Waals surface area contributed by atoms with Crippen LogP contribution in [0.3, 0.4) is 0 Å². The molecular weight excluding hydrogens is 208 g/mol. The molecule has 1 fully saturated rings. The molecule has 1 aromatic rings. The predicted molar refractivity (Wildman–Crippen MR) is 64.3 cm³/mol. The molecule has 1 aliphatic carbocycles. The molecule has 1 heterocycles. The van der Waals surface area contributed by atoms with Crippen molar-refractivity contribution in [2.75, 3.05) is 5.32 Å². The van der Waals surface area contributed by atoms with Crippen LogP contribution >= 0.6 is 11.6 Å². The van der Waals surface area contributed by atoms with Gasteiger partial charge in [0.05, 0.1) is 0 Å². The van der Waals surface area contributed by atoms with Gasteiger partial charge in [0.2, 0.25) is 0 Å². The number of aromatic nitrogens is 1. The lowest BCUT2D eigenvalue weighted by atomic mass is 9.86.